The van der Waals surface area contributed by atoms with Gasteiger partial charge in [0.1, 0.15) is 23.0 Å². The fraction of sp³-hybridized carbons (Fsp3) is 0.0417. The van der Waals surface area contributed by atoms with Gasteiger partial charge >= 0.3 is 5.97 Å². The first-order chi connectivity index (χ1) is 15.4. The van der Waals surface area contributed by atoms with E-state index in [0.29, 0.717) is 16.7 Å². The number of benzene rings is 3. The van der Waals surface area contributed by atoms with E-state index in [1.807, 2.05) is 0 Å². The Morgan fingerprint density at radius 2 is 1.31 bits per heavy atom. The average Bonchev–Trinajstić information content (AvgIpc) is 3.25. The molecule has 4 N–H and O–H groups in total. The lowest BCUT2D eigenvalue weighted by Gasteiger charge is -2.36. The molecule has 0 fully saturated rings. The summed E-state index contributed by atoms with van der Waals surface area (Å²) in [5, 5.41) is 40.5. The maximum absolute atomic E-state index is 13.3. The number of nitrogens with zero attached hydrogens (tertiary/aromatic N) is 1. The van der Waals surface area contributed by atoms with Crippen LogP contribution >= 0.6 is 0 Å². The SMILES string of the molecule is O=C1OC2(c3ccc(O)cc3Oc3cc(O)ccc32)c2cccc(-n3c(O)ccc3O)c21. The molecule has 6 rings (SSSR count). The first-order valence-corrected chi connectivity index (χ1v) is 9.72. The molecule has 4 aromatic rings. The Balaban J connectivity index is 1.72. The minimum Gasteiger partial charge on any atom is -0.508 e. The third kappa shape index (κ3) is 2.18. The van der Waals surface area contributed by atoms with Crippen LogP contribution in [0.3, 0.4) is 0 Å². The third-order valence-electron chi connectivity index (χ3n) is 5.86. The van der Waals surface area contributed by atoms with Crippen LogP contribution in [0.5, 0.6) is 34.8 Å². The predicted octanol–water partition coefficient (Wildman–Crippen LogP) is 3.87. The molecule has 0 atom stereocenters. The number of carbonyl (C=O) groups excluding carboxylic acids is 1. The van der Waals surface area contributed by atoms with Crippen LogP contribution in [0.1, 0.15) is 27.0 Å². The molecule has 0 saturated heterocycles. The van der Waals surface area contributed by atoms with Crippen LogP contribution in [0.2, 0.25) is 0 Å². The van der Waals surface area contributed by atoms with Crippen molar-refractivity contribution in [2.24, 2.45) is 0 Å². The van der Waals surface area contributed by atoms with E-state index in [1.54, 1.807) is 30.3 Å². The van der Waals surface area contributed by atoms with Gasteiger partial charge in [-0.15, -0.1) is 0 Å². The number of carbonyl (C=O) groups is 1. The standard InChI is InChI=1S/C24H15NO7/c26-12-4-6-14-18(10-12)31-19-11-13(27)5-7-15(19)24(14)16-2-1-3-17(22(16)23(30)32-24)25-20(28)8-9-21(25)29/h1-11,26-29H. The monoisotopic (exact) mass is 429 g/mol. The number of aromatic nitrogens is 1. The van der Waals surface area contributed by atoms with E-state index in [2.05, 4.69) is 0 Å². The van der Waals surface area contributed by atoms with E-state index < -0.39 is 11.6 Å². The quantitative estimate of drug-likeness (QED) is 0.339. The molecule has 1 spiro atoms. The van der Waals surface area contributed by atoms with E-state index in [9.17, 15) is 25.2 Å². The highest BCUT2D eigenvalue weighted by atomic mass is 16.6. The summed E-state index contributed by atoms with van der Waals surface area (Å²) in [5.74, 6) is -0.699. The topological polar surface area (TPSA) is 121 Å². The Morgan fingerprint density at radius 1 is 0.719 bits per heavy atom. The van der Waals surface area contributed by atoms with Gasteiger partial charge in [0.25, 0.3) is 0 Å². The van der Waals surface area contributed by atoms with Gasteiger partial charge in [0, 0.05) is 41.0 Å². The van der Waals surface area contributed by atoms with Crippen molar-refractivity contribution in [3.63, 3.8) is 0 Å². The first-order valence-electron chi connectivity index (χ1n) is 9.72. The van der Waals surface area contributed by atoms with Crippen molar-refractivity contribution in [3.8, 4) is 40.4 Å². The zero-order valence-electron chi connectivity index (χ0n) is 16.3. The summed E-state index contributed by atoms with van der Waals surface area (Å²) >= 11 is 0. The highest BCUT2D eigenvalue weighted by Gasteiger charge is 2.54. The highest BCUT2D eigenvalue weighted by Crippen LogP contribution is 2.57. The molecule has 158 valence electrons. The fourth-order valence-corrected chi connectivity index (χ4v) is 4.58. The Labute approximate surface area is 180 Å². The molecule has 3 aromatic carbocycles. The van der Waals surface area contributed by atoms with Crippen molar-refractivity contribution >= 4 is 5.97 Å². The van der Waals surface area contributed by atoms with Gasteiger partial charge in [-0.2, -0.15) is 0 Å². The number of esters is 1. The number of phenolic OH excluding ortho intramolecular Hbond substituents is 2. The summed E-state index contributed by atoms with van der Waals surface area (Å²) in [6.45, 7) is 0. The highest BCUT2D eigenvalue weighted by molar-refractivity contribution is 6.00. The minimum absolute atomic E-state index is 0.0389. The lowest BCUT2D eigenvalue weighted by atomic mass is 9.77. The van der Waals surface area contributed by atoms with Crippen LogP contribution in [0.15, 0.2) is 66.7 Å². The normalized spacial score (nSPS) is 14.9. The molecule has 0 amide bonds. The van der Waals surface area contributed by atoms with Gasteiger partial charge in [0.2, 0.25) is 0 Å². The van der Waals surface area contributed by atoms with Crippen molar-refractivity contribution in [1.82, 2.24) is 4.57 Å². The van der Waals surface area contributed by atoms with Crippen LogP contribution in [0, 0.1) is 0 Å². The van der Waals surface area contributed by atoms with Crippen LogP contribution in [0.25, 0.3) is 5.69 Å². The van der Waals surface area contributed by atoms with Gasteiger partial charge in [-0.25, -0.2) is 4.79 Å². The molecule has 0 bridgehead atoms. The summed E-state index contributed by atoms with van der Waals surface area (Å²) in [7, 11) is 0. The van der Waals surface area contributed by atoms with E-state index in [-0.39, 0.29) is 46.0 Å². The Hall–Kier alpha value is -4.59. The molecule has 32 heavy (non-hydrogen) atoms. The third-order valence-corrected chi connectivity index (χ3v) is 5.86. The molecular formula is C24H15NO7. The molecule has 3 heterocycles. The second-order valence-electron chi connectivity index (χ2n) is 7.62. The number of fused-ring (bicyclic) bond motifs is 6. The molecule has 2 aliphatic heterocycles. The van der Waals surface area contributed by atoms with Crippen LogP contribution in [-0.4, -0.2) is 31.0 Å². The lowest BCUT2D eigenvalue weighted by molar-refractivity contribution is 0.0224. The van der Waals surface area contributed by atoms with Crippen molar-refractivity contribution in [2.75, 3.05) is 0 Å². The summed E-state index contributed by atoms with van der Waals surface area (Å²) in [5.41, 5.74) is 0.420. The number of rotatable bonds is 1. The largest absolute Gasteiger partial charge is 0.508 e. The summed E-state index contributed by atoms with van der Waals surface area (Å²) in [6, 6.07) is 16.6. The molecule has 0 unspecified atom stereocenters. The Kier molecular flexibility index (Phi) is 3.40. The van der Waals surface area contributed by atoms with Crippen molar-refractivity contribution in [3.05, 3.63) is 89.0 Å². The fourth-order valence-electron chi connectivity index (χ4n) is 4.58. The van der Waals surface area contributed by atoms with Crippen LogP contribution < -0.4 is 4.74 Å². The summed E-state index contributed by atoms with van der Waals surface area (Å²) < 4.78 is 13.1. The second kappa shape index (κ2) is 5.98. The molecule has 0 radical (unpaired) electrons. The van der Waals surface area contributed by atoms with Crippen LogP contribution in [0.4, 0.5) is 0 Å². The number of aromatic hydroxyl groups is 4. The number of ether oxygens (including phenoxy) is 2. The van der Waals surface area contributed by atoms with Gasteiger partial charge in [0.05, 0.1) is 11.3 Å². The number of hydrogen-bond donors (Lipinski definition) is 4. The molecule has 8 heteroatoms. The maximum Gasteiger partial charge on any atom is 0.342 e. The van der Waals surface area contributed by atoms with Gasteiger partial charge in [-0.05, 0) is 30.3 Å². The molecular weight excluding hydrogens is 414 g/mol. The molecule has 0 saturated carbocycles. The lowest BCUT2D eigenvalue weighted by Crippen LogP contribution is -2.32. The average molecular weight is 429 g/mol. The van der Waals surface area contributed by atoms with E-state index >= 15 is 0 Å². The number of phenols is 2. The minimum atomic E-state index is -1.43. The first kappa shape index (κ1) is 18.2. The van der Waals surface area contributed by atoms with Crippen molar-refractivity contribution in [2.45, 2.75) is 5.60 Å². The Morgan fingerprint density at radius 3 is 1.91 bits per heavy atom. The zero-order valence-corrected chi connectivity index (χ0v) is 16.3. The number of hydrogen-bond acceptors (Lipinski definition) is 7. The predicted molar refractivity (Wildman–Crippen MR) is 111 cm³/mol. The van der Waals surface area contributed by atoms with E-state index in [1.165, 1.54) is 36.4 Å². The zero-order chi connectivity index (χ0) is 22.2. The van der Waals surface area contributed by atoms with Gasteiger partial charge in [0.15, 0.2) is 17.4 Å². The molecule has 2 aliphatic rings. The van der Waals surface area contributed by atoms with Crippen LogP contribution in [-0.2, 0) is 10.3 Å². The maximum atomic E-state index is 13.3. The molecule has 0 aliphatic carbocycles. The smallest absolute Gasteiger partial charge is 0.342 e. The van der Waals surface area contributed by atoms with Gasteiger partial charge in [-0.1, -0.05) is 12.1 Å². The Bertz CT molecular complexity index is 1380. The van der Waals surface area contributed by atoms with Crippen molar-refractivity contribution < 1.29 is 34.7 Å². The van der Waals surface area contributed by atoms with E-state index in [4.69, 9.17) is 9.47 Å². The second-order valence-corrected chi connectivity index (χ2v) is 7.62. The van der Waals surface area contributed by atoms with Crippen molar-refractivity contribution in [1.29, 1.82) is 0 Å². The summed E-state index contributed by atoms with van der Waals surface area (Å²) in [4.78, 5) is 13.3. The summed E-state index contributed by atoms with van der Waals surface area (Å²) in [6.07, 6.45) is 0. The van der Waals surface area contributed by atoms with Gasteiger partial charge in [-0.3, -0.25) is 4.57 Å². The van der Waals surface area contributed by atoms with E-state index in [0.717, 1.165) is 4.57 Å². The molecule has 8 nitrogen and oxygen atoms in total. The van der Waals surface area contributed by atoms with Gasteiger partial charge < -0.3 is 29.9 Å². The molecule has 1 aromatic heterocycles.